The van der Waals surface area contributed by atoms with Crippen LogP contribution in [0.25, 0.3) is 10.9 Å². The third-order valence-electron chi connectivity index (χ3n) is 5.05. The predicted octanol–water partition coefficient (Wildman–Crippen LogP) is 3.94. The molecule has 0 saturated carbocycles. The van der Waals surface area contributed by atoms with Crippen molar-refractivity contribution in [1.29, 1.82) is 0 Å². The van der Waals surface area contributed by atoms with Crippen LogP contribution in [0.15, 0.2) is 36.7 Å². The molecule has 0 unspecified atom stereocenters. The fourth-order valence-corrected chi connectivity index (χ4v) is 3.56. The Labute approximate surface area is 194 Å². The number of anilines is 2. The number of rotatable bonds is 8. The van der Waals surface area contributed by atoms with Crippen LogP contribution in [0.4, 0.5) is 20.7 Å². The Kier molecular flexibility index (Phi) is 7.26. The molecule has 3 aromatic rings. The molecule has 0 aliphatic carbocycles. The van der Waals surface area contributed by atoms with Crippen LogP contribution in [0.2, 0.25) is 5.02 Å². The van der Waals surface area contributed by atoms with E-state index < -0.39 is 11.9 Å². The SMILES string of the molecule is COc1cc2ncnc(Nc3ccc(F)c(Cl)c3)c2cc1OCCCN1CCNC(=O)OC1. The summed E-state index contributed by atoms with van der Waals surface area (Å²) in [6, 6.07) is 7.93. The van der Waals surface area contributed by atoms with E-state index in [9.17, 15) is 9.18 Å². The smallest absolute Gasteiger partial charge is 0.408 e. The molecule has 9 nitrogen and oxygen atoms in total. The van der Waals surface area contributed by atoms with Crippen molar-refractivity contribution in [2.24, 2.45) is 0 Å². The third kappa shape index (κ3) is 5.71. The lowest BCUT2D eigenvalue weighted by atomic mass is 10.2. The molecule has 2 heterocycles. The van der Waals surface area contributed by atoms with Gasteiger partial charge in [0.15, 0.2) is 11.5 Å². The molecule has 1 aliphatic rings. The van der Waals surface area contributed by atoms with Gasteiger partial charge in [0.1, 0.15) is 24.7 Å². The molecule has 1 amide bonds. The van der Waals surface area contributed by atoms with Gasteiger partial charge in [-0.3, -0.25) is 4.90 Å². The molecule has 1 aromatic heterocycles. The number of carbonyl (C=O) groups is 1. The second kappa shape index (κ2) is 10.5. The maximum atomic E-state index is 13.5. The van der Waals surface area contributed by atoms with E-state index in [0.717, 1.165) is 6.42 Å². The van der Waals surface area contributed by atoms with Crippen LogP contribution in [0.1, 0.15) is 6.42 Å². The summed E-state index contributed by atoms with van der Waals surface area (Å²) in [5.41, 5.74) is 1.25. The molecule has 11 heteroatoms. The number of halogens is 2. The van der Waals surface area contributed by atoms with Crippen molar-refractivity contribution in [2.45, 2.75) is 6.42 Å². The van der Waals surface area contributed by atoms with Gasteiger partial charge >= 0.3 is 6.09 Å². The quantitative estimate of drug-likeness (QED) is 0.473. The second-order valence-corrected chi connectivity index (χ2v) is 7.71. The number of ether oxygens (including phenoxy) is 3. The Balaban J connectivity index is 1.47. The minimum atomic E-state index is -0.496. The Morgan fingerprint density at radius 1 is 1.27 bits per heavy atom. The Hall–Kier alpha value is -3.37. The van der Waals surface area contributed by atoms with Gasteiger partial charge in [-0.15, -0.1) is 0 Å². The van der Waals surface area contributed by atoms with Crippen molar-refractivity contribution in [1.82, 2.24) is 20.2 Å². The zero-order valence-corrected chi connectivity index (χ0v) is 18.7. The number of nitrogens with one attached hydrogen (secondary N) is 2. The molecule has 1 saturated heterocycles. The lowest BCUT2D eigenvalue weighted by molar-refractivity contribution is 0.0840. The van der Waals surface area contributed by atoms with Crippen molar-refractivity contribution in [3.63, 3.8) is 0 Å². The van der Waals surface area contributed by atoms with E-state index in [4.69, 9.17) is 25.8 Å². The van der Waals surface area contributed by atoms with Crippen LogP contribution in [0.3, 0.4) is 0 Å². The summed E-state index contributed by atoms with van der Waals surface area (Å²) in [7, 11) is 1.56. The van der Waals surface area contributed by atoms with E-state index >= 15 is 0 Å². The topological polar surface area (TPSA) is 97.8 Å². The van der Waals surface area contributed by atoms with Crippen molar-refractivity contribution in [2.75, 3.05) is 45.4 Å². The number of nitrogens with zero attached hydrogens (tertiary/aromatic N) is 3. The molecule has 0 bridgehead atoms. The van der Waals surface area contributed by atoms with E-state index in [0.29, 0.717) is 60.1 Å². The Bertz CT molecular complexity index is 1150. The minimum Gasteiger partial charge on any atom is -0.493 e. The minimum absolute atomic E-state index is 0.0130. The van der Waals surface area contributed by atoms with Crippen molar-refractivity contribution >= 4 is 40.1 Å². The van der Waals surface area contributed by atoms with E-state index in [2.05, 4.69) is 20.6 Å². The molecule has 0 atom stereocenters. The molecular weight excluding hydrogens is 453 g/mol. The van der Waals surface area contributed by atoms with Gasteiger partial charge in [0.25, 0.3) is 0 Å². The van der Waals surface area contributed by atoms with Crippen LogP contribution < -0.4 is 20.1 Å². The Morgan fingerprint density at radius 2 is 2.15 bits per heavy atom. The molecule has 2 aromatic carbocycles. The second-order valence-electron chi connectivity index (χ2n) is 7.30. The van der Waals surface area contributed by atoms with Crippen molar-refractivity contribution < 1.29 is 23.4 Å². The third-order valence-corrected chi connectivity index (χ3v) is 5.34. The summed E-state index contributed by atoms with van der Waals surface area (Å²) in [6.45, 7) is 2.67. The first-order valence-corrected chi connectivity index (χ1v) is 10.7. The fourth-order valence-electron chi connectivity index (χ4n) is 3.37. The number of hydrogen-bond acceptors (Lipinski definition) is 8. The molecule has 174 valence electrons. The summed E-state index contributed by atoms with van der Waals surface area (Å²) in [4.78, 5) is 21.9. The molecule has 0 radical (unpaired) electrons. The predicted molar refractivity (Wildman–Crippen MR) is 122 cm³/mol. The first-order chi connectivity index (χ1) is 16.0. The monoisotopic (exact) mass is 475 g/mol. The van der Waals surface area contributed by atoms with Crippen LogP contribution >= 0.6 is 11.6 Å². The molecule has 0 spiro atoms. The molecular formula is C22H23ClFN5O4. The summed E-state index contributed by atoms with van der Waals surface area (Å²) < 4.78 is 30.0. The number of cyclic esters (lactones) is 1. The number of hydrogen-bond donors (Lipinski definition) is 2. The van der Waals surface area contributed by atoms with Crippen LogP contribution in [0, 0.1) is 5.82 Å². The van der Waals surface area contributed by atoms with E-state index in [-0.39, 0.29) is 11.8 Å². The highest BCUT2D eigenvalue weighted by atomic mass is 35.5. The van der Waals surface area contributed by atoms with Gasteiger partial charge < -0.3 is 24.8 Å². The first-order valence-electron chi connectivity index (χ1n) is 10.3. The number of benzene rings is 2. The summed E-state index contributed by atoms with van der Waals surface area (Å²) in [5, 5.41) is 6.52. The molecule has 1 fully saturated rings. The van der Waals surface area contributed by atoms with Gasteiger partial charge in [0.2, 0.25) is 0 Å². The van der Waals surface area contributed by atoms with Crippen LogP contribution in [-0.2, 0) is 4.74 Å². The maximum absolute atomic E-state index is 13.5. The van der Waals surface area contributed by atoms with Crippen molar-refractivity contribution in [3.05, 3.63) is 47.5 Å². The summed E-state index contributed by atoms with van der Waals surface area (Å²) >= 11 is 5.89. The van der Waals surface area contributed by atoms with Crippen molar-refractivity contribution in [3.8, 4) is 11.5 Å². The van der Waals surface area contributed by atoms with E-state index in [1.165, 1.54) is 18.5 Å². The molecule has 33 heavy (non-hydrogen) atoms. The lowest BCUT2D eigenvalue weighted by Gasteiger charge is -2.18. The molecule has 2 N–H and O–H groups in total. The zero-order valence-electron chi connectivity index (χ0n) is 17.9. The van der Waals surface area contributed by atoms with Gasteiger partial charge in [0.05, 0.1) is 24.3 Å². The Morgan fingerprint density at radius 3 is 2.97 bits per heavy atom. The standard InChI is InChI=1S/C22H23ClFN5O4/c1-31-19-11-18-15(21(27-12-26-18)28-14-3-4-17(24)16(23)9-14)10-20(19)32-8-2-6-29-7-5-25-22(30)33-13-29/h3-4,9-12H,2,5-8,13H2,1H3,(H,25,30)(H,26,27,28). The summed E-state index contributed by atoms with van der Waals surface area (Å²) in [5.74, 6) is 1.12. The number of methoxy groups -OCH3 is 1. The highest BCUT2D eigenvalue weighted by molar-refractivity contribution is 6.31. The highest BCUT2D eigenvalue weighted by Gasteiger charge is 2.15. The number of amides is 1. The average Bonchev–Trinajstić information content (AvgIpc) is 3.03. The van der Waals surface area contributed by atoms with Gasteiger partial charge in [-0.1, -0.05) is 11.6 Å². The van der Waals surface area contributed by atoms with E-state index in [1.807, 2.05) is 4.90 Å². The largest absolute Gasteiger partial charge is 0.493 e. The molecule has 1 aliphatic heterocycles. The molecule has 4 rings (SSSR count). The fraction of sp³-hybridized carbons (Fsp3) is 0.318. The average molecular weight is 476 g/mol. The number of fused-ring (bicyclic) bond motifs is 1. The highest BCUT2D eigenvalue weighted by Crippen LogP contribution is 2.35. The van der Waals surface area contributed by atoms with Gasteiger partial charge in [-0.05, 0) is 30.7 Å². The van der Waals surface area contributed by atoms with Gasteiger partial charge in [0, 0.05) is 36.8 Å². The van der Waals surface area contributed by atoms with Crippen LogP contribution in [0.5, 0.6) is 11.5 Å². The normalized spacial score (nSPS) is 14.3. The lowest BCUT2D eigenvalue weighted by Crippen LogP contribution is -2.30. The zero-order chi connectivity index (χ0) is 23.2. The van der Waals surface area contributed by atoms with Gasteiger partial charge in [-0.2, -0.15) is 0 Å². The number of aromatic nitrogens is 2. The van der Waals surface area contributed by atoms with E-state index in [1.54, 1.807) is 25.3 Å². The number of alkyl carbamates (subject to hydrolysis) is 1. The number of carbonyl (C=O) groups excluding carboxylic acids is 1. The maximum Gasteiger partial charge on any atom is 0.408 e. The van der Waals surface area contributed by atoms with Crippen LogP contribution in [-0.4, -0.2) is 61.0 Å². The summed E-state index contributed by atoms with van der Waals surface area (Å²) in [6.07, 6.45) is 1.76. The first kappa shape index (κ1) is 22.8. The van der Waals surface area contributed by atoms with Gasteiger partial charge in [-0.25, -0.2) is 19.2 Å².